The Hall–Kier alpha value is -3.45. The number of amides is 1. The number of aromatic nitrogens is 4. The molecule has 0 fully saturated rings. The maximum absolute atomic E-state index is 12.4. The Balaban J connectivity index is 1.48. The van der Waals surface area contributed by atoms with E-state index in [2.05, 4.69) is 20.6 Å². The van der Waals surface area contributed by atoms with E-state index in [1.807, 2.05) is 73.0 Å². The van der Waals surface area contributed by atoms with Gasteiger partial charge >= 0.3 is 0 Å². The Labute approximate surface area is 172 Å². The van der Waals surface area contributed by atoms with E-state index in [1.54, 1.807) is 4.68 Å². The van der Waals surface area contributed by atoms with Gasteiger partial charge in [0.2, 0.25) is 0 Å². The van der Waals surface area contributed by atoms with Gasteiger partial charge in [0.1, 0.15) is 17.5 Å². The Kier molecular flexibility index (Phi) is 5.14. The molecule has 2 heterocycles. The maximum Gasteiger partial charge on any atom is 0.260 e. The fourth-order valence-corrected chi connectivity index (χ4v) is 3.46. The average molecular weight is 407 g/mol. The molecule has 0 unspecified atom stereocenters. The van der Waals surface area contributed by atoms with Crippen LogP contribution in [-0.4, -0.2) is 31.5 Å². The summed E-state index contributed by atoms with van der Waals surface area (Å²) in [6, 6.07) is 17.3. The minimum absolute atomic E-state index is 0.125. The summed E-state index contributed by atoms with van der Waals surface area (Å²) < 4.78 is 3.49. The number of halogens is 1. The van der Waals surface area contributed by atoms with Crippen LogP contribution in [0.2, 0.25) is 5.15 Å². The largest absolute Gasteiger partial charge is 0.319 e. The Morgan fingerprint density at radius 3 is 2.66 bits per heavy atom. The van der Waals surface area contributed by atoms with Gasteiger partial charge in [0.15, 0.2) is 0 Å². The molecule has 0 radical (unpaired) electrons. The Morgan fingerprint density at radius 2 is 1.86 bits per heavy atom. The molecule has 0 atom stereocenters. The normalized spacial score (nSPS) is 11.4. The third-order valence-corrected chi connectivity index (χ3v) is 4.94. The molecule has 0 spiro atoms. The van der Waals surface area contributed by atoms with Crippen molar-refractivity contribution < 1.29 is 4.79 Å². The summed E-state index contributed by atoms with van der Waals surface area (Å²) in [4.78, 5) is 16.8. The van der Waals surface area contributed by atoms with E-state index in [1.165, 1.54) is 6.21 Å². The first-order valence-electron chi connectivity index (χ1n) is 9.09. The lowest BCUT2D eigenvalue weighted by Crippen LogP contribution is -2.23. The second kappa shape index (κ2) is 7.89. The number of aryl methyl sites for hydroxylation is 2. The molecule has 0 saturated carbocycles. The van der Waals surface area contributed by atoms with Gasteiger partial charge in [-0.15, -0.1) is 0 Å². The highest BCUT2D eigenvalue weighted by Gasteiger charge is 2.14. The van der Waals surface area contributed by atoms with Gasteiger partial charge in [-0.1, -0.05) is 41.9 Å². The highest BCUT2D eigenvalue weighted by molar-refractivity contribution is 6.32. The molecule has 2 aromatic carbocycles. The van der Waals surface area contributed by atoms with Crippen molar-refractivity contribution in [1.29, 1.82) is 0 Å². The number of fused-ring (bicyclic) bond motifs is 1. The van der Waals surface area contributed by atoms with Crippen molar-refractivity contribution >= 4 is 34.8 Å². The van der Waals surface area contributed by atoms with Crippen molar-refractivity contribution in [2.75, 3.05) is 0 Å². The predicted octanol–water partition coefficient (Wildman–Crippen LogP) is 3.64. The summed E-state index contributed by atoms with van der Waals surface area (Å²) in [6.45, 7) is 3.84. The van der Waals surface area contributed by atoms with Crippen LogP contribution in [0.5, 0.6) is 0 Å². The lowest BCUT2D eigenvalue weighted by molar-refractivity contribution is -0.121. The van der Waals surface area contributed by atoms with Crippen LogP contribution in [0.25, 0.3) is 16.7 Å². The molecule has 0 saturated heterocycles. The molecule has 1 N–H and O–H groups in total. The number of nitrogens with zero attached hydrogens (tertiary/aromatic N) is 5. The van der Waals surface area contributed by atoms with E-state index in [-0.39, 0.29) is 12.5 Å². The van der Waals surface area contributed by atoms with Crippen LogP contribution >= 0.6 is 11.6 Å². The predicted molar refractivity (Wildman–Crippen MR) is 114 cm³/mol. The molecular formula is C21H19ClN6O. The topological polar surface area (TPSA) is 77.1 Å². The molecular weight excluding hydrogens is 388 g/mol. The summed E-state index contributed by atoms with van der Waals surface area (Å²) in [5, 5.41) is 8.95. The minimum Gasteiger partial charge on any atom is -0.319 e. The number of carbonyl (C=O) groups excluding carboxylic acids is 1. The third-order valence-electron chi connectivity index (χ3n) is 4.58. The summed E-state index contributed by atoms with van der Waals surface area (Å²) in [5.74, 6) is 0.519. The fraction of sp³-hybridized carbons (Fsp3) is 0.143. The second-order valence-corrected chi connectivity index (χ2v) is 6.92. The van der Waals surface area contributed by atoms with E-state index < -0.39 is 0 Å². The Morgan fingerprint density at radius 1 is 1.14 bits per heavy atom. The van der Waals surface area contributed by atoms with Crippen molar-refractivity contribution in [2.45, 2.75) is 20.4 Å². The molecule has 1 amide bonds. The number of hydrazone groups is 1. The van der Waals surface area contributed by atoms with E-state index >= 15 is 0 Å². The van der Waals surface area contributed by atoms with Crippen LogP contribution in [0.1, 0.15) is 17.1 Å². The van der Waals surface area contributed by atoms with E-state index in [9.17, 15) is 4.79 Å². The second-order valence-electron chi connectivity index (χ2n) is 6.56. The summed E-state index contributed by atoms with van der Waals surface area (Å²) in [6.07, 6.45) is 1.51. The van der Waals surface area contributed by atoms with Crippen molar-refractivity contribution in [3.05, 3.63) is 76.8 Å². The van der Waals surface area contributed by atoms with E-state index in [4.69, 9.17) is 11.6 Å². The molecule has 0 aliphatic carbocycles. The molecule has 0 aliphatic rings. The number of nitrogens with one attached hydrogen (secondary N) is 1. The molecule has 2 aromatic heterocycles. The number of benzene rings is 2. The SMILES string of the molecule is Cc1nn(-c2ccccc2)c(Cl)c1/C=N\NC(=O)Cn1c(C)nc2ccccc21. The monoisotopic (exact) mass is 406 g/mol. The Bertz CT molecular complexity index is 1210. The van der Waals surface area contributed by atoms with Crippen molar-refractivity contribution in [3.8, 4) is 5.69 Å². The first kappa shape index (κ1) is 18.9. The highest BCUT2D eigenvalue weighted by Crippen LogP contribution is 2.21. The molecule has 8 heteroatoms. The van der Waals surface area contributed by atoms with Crippen molar-refractivity contribution in [2.24, 2.45) is 5.10 Å². The van der Waals surface area contributed by atoms with Crippen LogP contribution in [0.15, 0.2) is 59.7 Å². The van der Waals surface area contributed by atoms with Gasteiger partial charge in [-0.05, 0) is 38.1 Å². The number of hydrogen-bond acceptors (Lipinski definition) is 4. The number of imidazole rings is 1. The average Bonchev–Trinajstić information content (AvgIpc) is 3.19. The molecule has 7 nitrogen and oxygen atoms in total. The molecule has 146 valence electrons. The first-order chi connectivity index (χ1) is 14.0. The van der Waals surface area contributed by atoms with Crippen LogP contribution in [0.4, 0.5) is 0 Å². The standard InChI is InChI=1S/C21H19ClN6O/c1-14-17(21(22)28(26-14)16-8-4-3-5-9-16)12-23-25-20(29)13-27-15(2)24-18-10-6-7-11-19(18)27/h3-12H,13H2,1-2H3,(H,25,29)/b23-12-. The minimum atomic E-state index is -0.253. The van der Waals surface area contributed by atoms with Crippen LogP contribution in [0.3, 0.4) is 0 Å². The third kappa shape index (κ3) is 3.77. The van der Waals surface area contributed by atoms with Gasteiger partial charge in [0, 0.05) is 0 Å². The summed E-state index contributed by atoms with van der Waals surface area (Å²) in [7, 11) is 0. The van der Waals surface area contributed by atoms with E-state index in [0.29, 0.717) is 16.4 Å². The zero-order valence-corrected chi connectivity index (χ0v) is 16.8. The molecule has 0 bridgehead atoms. The lowest BCUT2D eigenvalue weighted by atomic mass is 10.3. The summed E-state index contributed by atoms with van der Waals surface area (Å²) in [5.41, 5.74) is 6.54. The van der Waals surface area contributed by atoms with Crippen molar-refractivity contribution in [1.82, 2.24) is 24.8 Å². The van der Waals surface area contributed by atoms with Crippen LogP contribution < -0.4 is 5.43 Å². The van der Waals surface area contributed by atoms with Gasteiger partial charge in [-0.2, -0.15) is 10.2 Å². The maximum atomic E-state index is 12.4. The smallest absolute Gasteiger partial charge is 0.260 e. The molecule has 29 heavy (non-hydrogen) atoms. The molecule has 4 aromatic rings. The number of carbonyl (C=O) groups is 1. The van der Waals surface area contributed by atoms with Crippen LogP contribution in [-0.2, 0) is 11.3 Å². The zero-order valence-electron chi connectivity index (χ0n) is 16.0. The number of hydrogen-bond donors (Lipinski definition) is 1. The quantitative estimate of drug-likeness (QED) is 0.406. The molecule has 4 rings (SSSR count). The zero-order chi connectivity index (χ0) is 20.4. The van der Waals surface area contributed by atoms with Gasteiger partial charge in [-0.25, -0.2) is 15.1 Å². The molecule has 0 aliphatic heterocycles. The van der Waals surface area contributed by atoms with Gasteiger partial charge in [0.25, 0.3) is 5.91 Å². The highest BCUT2D eigenvalue weighted by atomic mass is 35.5. The van der Waals surface area contributed by atoms with Gasteiger partial charge in [-0.3, -0.25) is 4.79 Å². The lowest BCUT2D eigenvalue weighted by Gasteiger charge is -2.05. The number of rotatable bonds is 5. The van der Waals surface area contributed by atoms with Crippen LogP contribution in [0, 0.1) is 13.8 Å². The van der Waals surface area contributed by atoms with E-state index in [0.717, 1.165) is 22.5 Å². The fourth-order valence-electron chi connectivity index (χ4n) is 3.14. The van der Waals surface area contributed by atoms with Gasteiger partial charge in [0.05, 0.1) is 34.2 Å². The van der Waals surface area contributed by atoms with Crippen molar-refractivity contribution in [3.63, 3.8) is 0 Å². The number of para-hydroxylation sites is 3. The summed E-state index contributed by atoms with van der Waals surface area (Å²) >= 11 is 6.46. The van der Waals surface area contributed by atoms with Gasteiger partial charge < -0.3 is 4.57 Å². The first-order valence-corrected chi connectivity index (χ1v) is 9.46.